The second-order valence-electron chi connectivity index (χ2n) is 5.69. The number of amides is 1. The van der Waals surface area contributed by atoms with Gasteiger partial charge in [-0.1, -0.05) is 0 Å². The fourth-order valence-corrected chi connectivity index (χ4v) is 3.18. The minimum Gasteiger partial charge on any atom is -0.449 e. The first-order valence-corrected chi connectivity index (χ1v) is 8.33. The van der Waals surface area contributed by atoms with Crippen LogP contribution < -0.4 is 5.32 Å². The maximum absolute atomic E-state index is 12.3. The number of pyridine rings is 1. The maximum Gasteiger partial charge on any atom is 0.287 e. The summed E-state index contributed by atoms with van der Waals surface area (Å²) >= 11 is 1.65. The van der Waals surface area contributed by atoms with Crippen molar-refractivity contribution in [2.24, 2.45) is 0 Å². The Labute approximate surface area is 138 Å². The van der Waals surface area contributed by atoms with Gasteiger partial charge in [0, 0.05) is 18.3 Å². The third-order valence-corrected chi connectivity index (χ3v) is 4.45. The summed E-state index contributed by atoms with van der Waals surface area (Å²) in [5.41, 5.74) is 3.43. The topological polar surface area (TPSA) is 58.4 Å². The molecule has 0 radical (unpaired) electrons. The molecule has 0 fully saturated rings. The van der Waals surface area contributed by atoms with Crippen molar-refractivity contribution in [2.45, 2.75) is 13.0 Å². The molecule has 3 aromatic rings. The molecule has 0 aromatic carbocycles. The number of likely N-dealkylation sites (N-methyl/N-ethyl adjacent to an activating group) is 1. The van der Waals surface area contributed by atoms with Crippen molar-refractivity contribution in [2.75, 3.05) is 20.6 Å². The maximum atomic E-state index is 12.3. The lowest BCUT2D eigenvalue weighted by molar-refractivity contribution is 0.0916. The molecule has 1 unspecified atom stereocenters. The van der Waals surface area contributed by atoms with Gasteiger partial charge in [0.05, 0.1) is 6.04 Å². The van der Waals surface area contributed by atoms with Crippen LogP contribution >= 0.6 is 11.3 Å². The number of nitrogens with zero attached hydrogens (tertiary/aromatic N) is 2. The summed E-state index contributed by atoms with van der Waals surface area (Å²) in [4.78, 5) is 18.8. The predicted octanol–water partition coefficient (Wildman–Crippen LogP) is 3.23. The Balaban J connectivity index is 1.72. The Morgan fingerprint density at radius 2 is 2.22 bits per heavy atom. The number of thiophene rings is 1. The second kappa shape index (κ2) is 6.52. The number of furan rings is 1. The average Bonchev–Trinajstić information content (AvgIpc) is 3.15. The van der Waals surface area contributed by atoms with E-state index in [1.807, 2.05) is 38.5 Å². The Morgan fingerprint density at radius 3 is 2.91 bits per heavy atom. The van der Waals surface area contributed by atoms with Crippen LogP contribution in [0.5, 0.6) is 0 Å². The third-order valence-electron chi connectivity index (χ3n) is 3.74. The van der Waals surface area contributed by atoms with Gasteiger partial charge in [0.2, 0.25) is 0 Å². The lowest BCUT2D eigenvalue weighted by atomic mass is 10.1. The minimum absolute atomic E-state index is 0.134. The van der Waals surface area contributed by atoms with Crippen LogP contribution in [0.2, 0.25) is 0 Å². The van der Waals surface area contributed by atoms with Gasteiger partial charge in [-0.3, -0.25) is 4.79 Å². The number of rotatable bonds is 5. The molecule has 5 nitrogen and oxygen atoms in total. The first-order chi connectivity index (χ1) is 11.0. The summed E-state index contributed by atoms with van der Waals surface area (Å²) in [5, 5.41) is 7.09. The van der Waals surface area contributed by atoms with Crippen LogP contribution in [0, 0.1) is 6.92 Å². The number of aromatic nitrogens is 1. The van der Waals surface area contributed by atoms with E-state index >= 15 is 0 Å². The zero-order chi connectivity index (χ0) is 16.4. The number of aryl methyl sites for hydroxylation is 1. The molecule has 0 aliphatic rings. The van der Waals surface area contributed by atoms with Gasteiger partial charge in [0.25, 0.3) is 5.91 Å². The molecule has 0 aliphatic heterocycles. The first-order valence-electron chi connectivity index (χ1n) is 7.38. The van der Waals surface area contributed by atoms with Crippen LogP contribution in [0.3, 0.4) is 0 Å². The van der Waals surface area contributed by atoms with E-state index in [9.17, 15) is 4.79 Å². The Bertz CT molecular complexity index is 808. The van der Waals surface area contributed by atoms with E-state index in [2.05, 4.69) is 26.6 Å². The van der Waals surface area contributed by atoms with Crippen molar-refractivity contribution in [1.29, 1.82) is 0 Å². The number of hydrogen-bond acceptors (Lipinski definition) is 5. The standard InChI is InChI=1S/C17H19N3O2S/c1-11-4-5-15-13(19-11)8-16(22-15)17(21)18-9-14(20(2)3)12-6-7-23-10-12/h4-8,10,14H,9H2,1-3H3,(H,18,21). The van der Waals surface area contributed by atoms with E-state index in [1.165, 1.54) is 5.56 Å². The fourth-order valence-electron chi connectivity index (χ4n) is 2.48. The number of fused-ring (bicyclic) bond motifs is 1. The molecule has 120 valence electrons. The molecule has 3 heterocycles. The van der Waals surface area contributed by atoms with Crippen molar-refractivity contribution in [3.05, 3.63) is 52.0 Å². The highest BCUT2D eigenvalue weighted by atomic mass is 32.1. The van der Waals surface area contributed by atoms with Crippen molar-refractivity contribution in [3.63, 3.8) is 0 Å². The van der Waals surface area contributed by atoms with Crippen molar-refractivity contribution in [1.82, 2.24) is 15.2 Å². The second-order valence-corrected chi connectivity index (χ2v) is 6.47. The first kappa shape index (κ1) is 15.7. The summed E-state index contributed by atoms with van der Waals surface area (Å²) in [5.74, 6) is 0.0728. The van der Waals surface area contributed by atoms with E-state index in [1.54, 1.807) is 17.4 Å². The molecule has 0 bridgehead atoms. The predicted molar refractivity (Wildman–Crippen MR) is 91.8 cm³/mol. The minimum atomic E-state index is -0.220. The van der Waals surface area contributed by atoms with Crippen molar-refractivity contribution in [3.8, 4) is 0 Å². The molecular formula is C17H19N3O2S. The highest BCUT2D eigenvalue weighted by Gasteiger charge is 2.18. The molecular weight excluding hydrogens is 310 g/mol. The Kier molecular flexibility index (Phi) is 4.45. The molecule has 1 amide bonds. The van der Waals surface area contributed by atoms with Gasteiger partial charge < -0.3 is 14.6 Å². The smallest absolute Gasteiger partial charge is 0.287 e. The highest BCUT2D eigenvalue weighted by Crippen LogP contribution is 2.21. The van der Waals surface area contributed by atoms with Crippen LogP contribution in [0.15, 0.2) is 39.4 Å². The van der Waals surface area contributed by atoms with Gasteiger partial charge in [-0.2, -0.15) is 11.3 Å². The van der Waals surface area contributed by atoms with Crippen LogP contribution in [0.1, 0.15) is 27.9 Å². The molecule has 3 aromatic heterocycles. The summed E-state index contributed by atoms with van der Waals surface area (Å²) in [6.45, 7) is 2.43. The SMILES string of the molecule is Cc1ccc2oc(C(=O)NCC(c3ccsc3)N(C)C)cc2n1. The van der Waals surface area contributed by atoms with E-state index in [-0.39, 0.29) is 11.9 Å². The lowest BCUT2D eigenvalue weighted by Crippen LogP contribution is -2.34. The van der Waals surface area contributed by atoms with Crippen molar-refractivity contribution < 1.29 is 9.21 Å². The summed E-state index contributed by atoms with van der Waals surface area (Å²) in [7, 11) is 4.00. The number of carbonyl (C=O) groups is 1. The number of nitrogens with one attached hydrogen (secondary N) is 1. The lowest BCUT2D eigenvalue weighted by Gasteiger charge is -2.23. The number of hydrogen-bond donors (Lipinski definition) is 1. The Morgan fingerprint density at radius 1 is 1.39 bits per heavy atom. The van der Waals surface area contributed by atoms with Crippen molar-refractivity contribution >= 4 is 28.3 Å². The van der Waals surface area contributed by atoms with E-state index in [0.29, 0.717) is 23.4 Å². The summed E-state index contributed by atoms with van der Waals surface area (Å²) < 4.78 is 5.58. The normalized spacial score (nSPS) is 12.7. The van der Waals surface area contributed by atoms with Crippen LogP contribution in [-0.2, 0) is 0 Å². The van der Waals surface area contributed by atoms with Gasteiger partial charge in [0.1, 0.15) is 5.52 Å². The van der Waals surface area contributed by atoms with Gasteiger partial charge in [-0.25, -0.2) is 4.98 Å². The molecule has 6 heteroatoms. The molecule has 0 spiro atoms. The van der Waals surface area contributed by atoms with Gasteiger partial charge in [-0.05, 0) is 55.5 Å². The summed E-state index contributed by atoms with van der Waals surface area (Å²) in [6, 6.07) is 7.60. The largest absolute Gasteiger partial charge is 0.449 e. The average molecular weight is 329 g/mol. The molecule has 1 N–H and O–H groups in total. The zero-order valence-corrected chi connectivity index (χ0v) is 14.2. The number of carbonyl (C=O) groups excluding carboxylic acids is 1. The molecule has 3 rings (SSSR count). The fraction of sp³-hybridized carbons (Fsp3) is 0.294. The Hall–Kier alpha value is -2.18. The zero-order valence-electron chi connectivity index (χ0n) is 13.4. The molecule has 0 saturated heterocycles. The quantitative estimate of drug-likeness (QED) is 0.781. The summed E-state index contributed by atoms with van der Waals surface area (Å²) in [6.07, 6.45) is 0. The van der Waals surface area contributed by atoms with Gasteiger partial charge >= 0.3 is 0 Å². The van der Waals surface area contributed by atoms with E-state index in [4.69, 9.17) is 4.42 Å². The molecule has 23 heavy (non-hydrogen) atoms. The molecule has 0 saturated carbocycles. The van der Waals surface area contributed by atoms with Crippen LogP contribution in [0.25, 0.3) is 11.1 Å². The van der Waals surface area contributed by atoms with E-state index in [0.717, 1.165) is 5.69 Å². The van der Waals surface area contributed by atoms with Crippen LogP contribution in [-0.4, -0.2) is 36.4 Å². The monoisotopic (exact) mass is 329 g/mol. The van der Waals surface area contributed by atoms with Gasteiger partial charge in [-0.15, -0.1) is 0 Å². The molecule has 0 aliphatic carbocycles. The third kappa shape index (κ3) is 3.43. The van der Waals surface area contributed by atoms with Crippen LogP contribution in [0.4, 0.5) is 0 Å². The molecule has 1 atom stereocenters. The van der Waals surface area contributed by atoms with Gasteiger partial charge in [0.15, 0.2) is 11.3 Å². The van der Waals surface area contributed by atoms with E-state index < -0.39 is 0 Å². The highest BCUT2D eigenvalue weighted by molar-refractivity contribution is 7.07.